The Bertz CT molecular complexity index is 1710. The number of aromatic nitrogens is 2. The first-order valence-corrected chi connectivity index (χ1v) is 14.9. The minimum Gasteiger partial charge on any atom is -0.493 e. The Balaban J connectivity index is 1.33. The summed E-state index contributed by atoms with van der Waals surface area (Å²) in [5, 5.41) is 11.8. The van der Waals surface area contributed by atoms with Gasteiger partial charge in [-0.15, -0.1) is 0 Å². The highest BCUT2D eigenvalue weighted by Crippen LogP contribution is 2.44. The molecule has 1 aliphatic rings. The van der Waals surface area contributed by atoms with Gasteiger partial charge in [0, 0.05) is 61.2 Å². The maximum Gasteiger partial charge on any atom is 0.422 e. The SMILES string of the molecule is [C-]#[N+]c1ccc2c(C(O)(CN3CCC(Oc4ccc(CC(=O)OCC)cc4OC)CC3)C(F)(F)F)cn(Cc3ccncc3)c2c1. The Labute approximate surface area is 264 Å². The van der Waals surface area contributed by atoms with Crippen LogP contribution in [-0.4, -0.2) is 71.2 Å². The normalized spacial score (nSPS) is 15.7. The van der Waals surface area contributed by atoms with E-state index in [0.717, 1.165) is 5.56 Å². The molecular weight excluding hydrogens is 601 g/mol. The number of pyridine rings is 1. The zero-order valence-corrected chi connectivity index (χ0v) is 25.6. The molecule has 242 valence electrons. The van der Waals surface area contributed by atoms with Gasteiger partial charge in [-0.1, -0.05) is 18.2 Å². The van der Waals surface area contributed by atoms with Crippen LogP contribution in [0.1, 0.15) is 36.5 Å². The number of hydrogen-bond donors (Lipinski definition) is 1. The number of likely N-dealkylation sites (tertiary alicyclic amines) is 1. The van der Waals surface area contributed by atoms with Crippen molar-refractivity contribution in [1.29, 1.82) is 0 Å². The molecule has 12 heteroatoms. The third-order valence-electron chi connectivity index (χ3n) is 8.17. The molecular formula is C34H35F3N4O5. The van der Waals surface area contributed by atoms with Crippen molar-refractivity contribution in [3.63, 3.8) is 0 Å². The van der Waals surface area contributed by atoms with Crippen LogP contribution < -0.4 is 9.47 Å². The molecule has 2 aromatic carbocycles. The number of halogens is 3. The average molecular weight is 637 g/mol. The lowest BCUT2D eigenvalue weighted by atomic mass is 9.91. The van der Waals surface area contributed by atoms with Gasteiger partial charge in [0.2, 0.25) is 5.60 Å². The number of β-amino-alcohol motifs (C(OH)–C–C–N with tert-alkyl or cyclic N) is 1. The van der Waals surface area contributed by atoms with Crippen LogP contribution in [0.5, 0.6) is 11.5 Å². The Hall–Kier alpha value is -4.60. The van der Waals surface area contributed by atoms with Gasteiger partial charge in [-0.05, 0) is 61.2 Å². The fourth-order valence-electron chi connectivity index (χ4n) is 5.81. The second kappa shape index (κ2) is 13.8. The van der Waals surface area contributed by atoms with Crippen molar-refractivity contribution in [2.75, 3.05) is 33.4 Å². The molecule has 0 aliphatic carbocycles. The second-order valence-electron chi connectivity index (χ2n) is 11.3. The van der Waals surface area contributed by atoms with E-state index in [9.17, 15) is 23.1 Å². The summed E-state index contributed by atoms with van der Waals surface area (Å²) >= 11 is 0. The summed E-state index contributed by atoms with van der Waals surface area (Å²) in [6, 6.07) is 13.2. The lowest BCUT2D eigenvalue weighted by Crippen LogP contribution is -2.53. The number of nitrogens with zero attached hydrogens (tertiary/aromatic N) is 4. The fourth-order valence-corrected chi connectivity index (χ4v) is 5.81. The molecule has 1 fully saturated rings. The molecule has 9 nitrogen and oxygen atoms in total. The first-order chi connectivity index (χ1) is 22.0. The number of hydrogen-bond acceptors (Lipinski definition) is 7. The van der Waals surface area contributed by atoms with Crippen LogP contribution in [0.3, 0.4) is 0 Å². The van der Waals surface area contributed by atoms with E-state index in [4.69, 9.17) is 20.8 Å². The largest absolute Gasteiger partial charge is 0.493 e. The van der Waals surface area contributed by atoms with Crippen LogP contribution in [0.4, 0.5) is 18.9 Å². The molecule has 5 rings (SSSR count). The summed E-state index contributed by atoms with van der Waals surface area (Å²) < 4.78 is 62.8. The van der Waals surface area contributed by atoms with Gasteiger partial charge in [0.15, 0.2) is 17.2 Å². The summed E-state index contributed by atoms with van der Waals surface area (Å²) in [6.07, 6.45) is 0.238. The van der Waals surface area contributed by atoms with Crippen molar-refractivity contribution in [1.82, 2.24) is 14.5 Å². The van der Waals surface area contributed by atoms with Gasteiger partial charge in [0.25, 0.3) is 0 Å². The summed E-state index contributed by atoms with van der Waals surface area (Å²) in [5.74, 6) is 0.567. The smallest absolute Gasteiger partial charge is 0.422 e. The zero-order chi connectivity index (χ0) is 32.9. The number of piperidine rings is 1. The van der Waals surface area contributed by atoms with Crippen LogP contribution in [0.25, 0.3) is 15.7 Å². The number of methoxy groups -OCH3 is 1. The molecule has 46 heavy (non-hydrogen) atoms. The highest BCUT2D eigenvalue weighted by Gasteiger charge is 2.57. The number of fused-ring (bicyclic) bond motifs is 1. The van der Waals surface area contributed by atoms with Gasteiger partial charge in [0.05, 0.1) is 26.7 Å². The van der Waals surface area contributed by atoms with E-state index in [0.29, 0.717) is 35.4 Å². The van der Waals surface area contributed by atoms with E-state index in [1.807, 2.05) is 0 Å². The van der Waals surface area contributed by atoms with Crippen molar-refractivity contribution in [2.45, 2.75) is 50.6 Å². The van der Waals surface area contributed by atoms with E-state index in [1.165, 1.54) is 25.4 Å². The van der Waals surface area contributed by atoms with Crippen LogP contribution in [0, 0.1) is 6.57 Å². The highest BCUT2D eigenvalue weighted by atomic mass is 19.4. The van der Waals surface area contributed by atoms with Crippen molar-refractivity contribution in [2.24, 2.45) is 0 Å². The molecule has 1 unspecified atom stereocenters. The van der Waals surface area contributed by atoms with Crippen molar-refractivity contribution in [3.05, 3.63) is 95.2 Å². The minimum absolute atomic E-state index is 0.0914. The Morgan fingerprint density at radius 2 is 1.80 bits per heavy atom. The first-order valence-electron chi connectivity index (χ1n) is 14.9. The minimum atomic E-state index is -4.98. The van der Waals surface area contributed by atoms with Gasteiger partial charge in [-0.2, -0.15) is 13.2 Å². The van der Waals surface area contributed by atoms with Crippen LogP contribution in [0.15, 0.2) is 67.1 Å². The predicted molar refractivity (Wildman–Crippen MR) is 165 cm³/mol. The molecule has 0 amide bonds. The van der Waals surface area contributed by atoms with Gasteiger partial charge in [-0.25, -0.2) is 4.85 Å². The van der Waals surface area contributed by atoms with Crippen LogP contribution in [0.2, 0.25) is 0 Å². The number of esters is 1. The molecule has 1 N–H and O–H groups in total. The second-order valence-corrected chi connectivity index (χ2v) is 11.3. The number of carbonyl (C=O) groups is 1. The fraction of sp³-hybridized carbons (Fsp3) is 0.382. The summed E-state index contributed by atoms with van der Waals surface area (Å²) in [5.41, 5.74) is -1.19. The third-order valence-corrected chi connectivity index (χ3v) is 8.17. The van der Waals surface area contributed by atoms with Crippen molar-refractivity contribution in [3.8, 4) is 11.5 Å². The van der Waals surface area contributed by atoms with E-state index in [-0.39, 0.29) is 61.4 Å². The number of benzene rings is 2. The summed E-state index contributed by atoms with van der Waals surface area (Å²) in [4.78, 5) is 20.9. The van der Waals surface area contributed by atoms with Gasteiger partial charge in [0.1, 0.15) is 6.10 Å². The quantitative estimate of drug-likeness (QED) is 0.159. The monoisotopic (exact) mass is 636 g/mol. The standard InChI is InChI=1S/C34H35F3N4O5/c1-4-45-32(42)18-24-5-8-30(31(17-24)44-3)46-26-11-15-40(16-12-26)22-33(43,34(35,36)37)28-21-41(20-23-9-13-39-14-10-23)29-19-25(38-2)6-7-27(28)29/h5-10,13-14,17,19,21,26,43H,4,11-12,15-16,18,20,22H2,1,3H3. The van der Waals surface area contributed by atoms with Gasteiger partial charge >= 0.3 is 12.1 Å². The predicted octanol–water partition coefficient (Wildman–Crippen LogP) is 6.04. The van der Waals surface area contributed by atoms with E-state index >= 15 is 0 Å². The Kier molecular flexibility index (Phi) is 9.84. The number of rotatable bonds is 11. The molecule has 1 saturated heterocycles. The van der Waals surface area contributed by atoms with Crippen LogP contribution >= 0.6 is 0 Å². The van der Waals surface area contributed by atoms with E-state index in [2.05, 4.69) is 9.83 Å². The molecule has 2 aromatic heterocycles. The Morgan fingerprint density at radius 1 is 1.07 bits per heavy atom. The van der Waals surface area contributed by atoms with Crippen molar-refractivity contribution < 1.29 is 37.3 Å². The number of aliphatic hydroxyl groups is 1. The number of alkyl halides is 3. The maximum atomic E-state index is 14.8. The molecule has 0 spiro atoms. The summed E-state index contributed by atoms with van der Waals surface area (Å²) in [7, 11) is 1.49. The molecule has 0 saturated carbocycles. The zero-order valence-electron chi connectivity index (χ0n) is 25.6. The lowest BCUT2D eigenvalue weighted by molar-refractivity contribution is -0.272. The average Bonchev–Trinajstić information content (AvgIpc) is 3.40. The number of carbonyl (C=O) groups excluding carboxylic acids is 1. The van der Waals surface area contributed by atoms with Gasteiger partial charge in [-0.3, -0.25) is 14.7 Å². The lowest BCUT2D eigenvalue weighted by Gasteiger charge is -2.39. The van der Waals surface area contributed by atoms with E-state index in [1.54, 1.807) is 65.2 Å². The maximum absolute atomic E-state index is 14.8. The first kappa shape index (κ1) is 32.8. The Morgan fingerprint density at radius 3 is 2.46 bits per heavy atom. The van der Waals surface area contributed by atoms with Crippen LogP contribution in [-0.2, 0) is 28.1 Å². The summed E-state index contributed by atoms with van der Waals surface area (Å²) in [6.45, 7) is 9.55. The van der Waals surface area contributed by atoms with Gasteiger partial charge < -0.3 is 23.9 Å². The molecule has 1 aliphatic heterocycles. The molecule has 0 bridgehead atoms. The topological polar surface area (TPSA) is 90.4 Å². The number of ether oxygens (including phenoxy) is 3. The molecule has 3 heterocycles. The molecule has 0 radical (unpaired) electrons. The van der Waals surface area contributed by atoms with Crippen molar-refractivity contribution >= 4 is 22.6 Å². The molecule has 1 atom stereocenters. The third kappa shape index (κ3) is 7.11. The van der Waals surface area contributed by atoms with E-state index < -0.39 is 18.3 Å². The highest BCUT2D eigenvalue weighted by molar-refractivity contribution is 5.88. The molecule has 4 aromatic rings.